The van der Waals surface area contributed by atoms with Crippen LogP contribution in [0.25, 0.3) is 0 Å². The van der Waals surface area contributed by atoms with Crippen LogP contribution in [0.4, 0.5) is 5.95 Å². The third kappa shape index (κ3) is 4.20. The Morgan fingerprint density at radius 3 is 2.71 bits per heavy atom. The molecular weight excluding hydrogens is 326 g/mol. The molecule has 24 heavy (non-hydrogen) atoms. The van der Waals surface area contributed by atoms with Gasteiger partial charge in [0, 0.05) is 25.2 Å². The third-order valence-corrected chi connectivity index (χ3v) is 5.87. The van der Waals surface area contributed by atoms with Crippen molar-refractivity contribution in [3.63, 3.8) is 0 Å². The van der Waals surface area contributed by atoms with E-state index in [1.54, 1.807) is 0 Å². The highest BCUT2D eigenvalue weighted by Gasteiger charge is 2.34. The van der Waals surface area contributed by atoms with E-state index in [0.29, 0.717) is 34.8 Å². The maximum atomic E-state index is 12.3. The molecule has 0 saturated carbocycles. The molecule has 5 N–H and O–H groups in total. The van der Waals surface area contributed by atoms with Gasteiger partial charge in [0.05, 0.1) is 5.75 Å². The summed E-state index contributed by atoms with van der Waals surface area (Å²) in [6.07, 6.45) is 3.31. The number of hydrogen-bond acceptors (Lipinski definition) is 7. The Balaban J connectivity index is 1.41. The number of aromatic amines is 1. The number of hydrazine groups is 1. The van der Waals surface area contributed by atoms with Crippen LogP contribution in [-0.2, 0) is 4.79 Å². The van der Waals surface area contributed by atoms with Gasteiger partial charge in [-0.3, -0.25) is 15.6 Å². The Kier molecular flexibility index (Phi) is 5.62. The van der Waals surface area contributed by atoms with E-state index in [1.165, 1.54) is 18.2 Å². The smallest absolute Gasteiger partial charge is 0.233 e. The molecule has 2 atom stereocenters. The molecule has 0 bridgehead atoms. The maximum Gasteiger partial charge on any atom is 0.233 e. The lowest BCUT2D eigenvalue weighted by Gasteiger charge is -2.34. The summed E-state index contributed by atoms with van der Waals surface area (Å²) in [5.74, 6) is 2.08. The Morgan fingerprint density at radius 2 is 2.12 bits per heavy atom. The number of aromatic nitrogens is 3. The van der Waals surface area contributed by atoms with Gasteiger partial charge in [-0.25, -0.2) is 5.10 Å². The molecule has 2 aliphatic rings. The molecule has 2 saturated heterocycles. The Bertz CT molecular complexity index is 556. The van der Waals surface area contributed by atoms with Crippen LogP contribution in [0.5, 0.6) is 0 Å². The predicted octanol–water partition coefficient (Wildman–Crippen LogP) is 0.609. The molecule has 0 radical (unpaired) electrons. The minimum Gasteiger partial charge on any atom is -0.368 e. The van der Waals surface area contributed by atoms with Crippen molar-refractivity contribution in [1.29, 1.82) is 0 Å². The molecule has 2 fully saturated rings. The van der Waals surface area contributed by atoms with Gasteiger partial charge < -0.3 is 10.6 Å². The summed E-state index contributed by atoms with van der Waals surface area (Å²) in [5, 5.41) is 7.04. The fraction of sp³-hybridized carbons (Fsp3) is 0.800. The predicted molar refractivity (Wildman–Crippen MR) is 94.1 cm³/mol. The Labute approximate surface area is 146 Å². The second kappa shape index (κ2) is 7.71. The zero-order valence-corrected chi connectivity index (χ0v) is 15.1. The number of nitrogen functional groups attached to an aromatic ring is 1. The molecule has 8 nitrogen and oxygen atoms in total. The molecule has 2 aliphatic heterocycles. The molecule has 9 heteroatoms. The average molecular weight is 353 g/mol. The van der Waals surface area contributed by atoms with Crippen molar-refractivity contribution in [2.24, 2.45) is 11.8 Å². The monoisotopic (exact) mass is 353 g/mol. The van der Waals surface area contributed by atoms with Crippen molar-refractivity contribution in [2.45, 2.75) is 50.4 Å². The average Bonchev–Trinajstić information content (AvgIpc) is 3.22. The minimum atomic E-state index is 0.152. The zero-order chi connectivity index (χ0) is 17.1. The number of carbonyl (C=O) groups is 1. The van der Waals surface area contributed by atoms with Gasteiger partial charge in [0.25, 0.3) is 0 Å². The fourth-order valence-corrected chi connectivity index (χ4v) is 4.15. The van der Waals surface area contributed by atoms with Gasteiger partial charge in [0.15, 0.2) is 0 Å². The van der Waals surface area contributed by atoms with Crippen molar-refractivity contribution in [3.05, 3.63) is 0 Å². The van der Waals surface area contributed by atoms with Gasteiger partial charge in [-0.2, -0.15) is 4.98 Å². The van der Waals surface area contributed by atoms with Crippen LogP contribution in [0.3, 0.4) is 0 Å². The molecular formula is C15H27N7OS. The maximum absolute atomic E-state index is 12.3. The summed E-state index contributed by atoms with van der Waals surface area (Å²) in [7, 11) is 0. The first-order valence-corrected chi connectivity index (χ1v) is 9.61. The van der Waals surface area contributed by atoms with Crippen LogP contribution < -0.4 is 16.6 Å². The van der Waals surface area contributed by atoms with Crippen LogP contribution in [-0.4, -0.2) is 56.9 Å². The third-order valence-electron chi connectivity index (χ3n) is 5.04. The lowest BCUT2D eigenvalue weighted by Crippen LogP contribution is -2.45. The SMILES string of the molecule is CC(C)C1CC(C2CCN(C(=O)CSc3n[nH]c(N)n3)CC2)NN1. The highest BCUT2D eigenvalue weighted by molar-refractivity contribution is 7.99. The van der Waals surface area contributed by atoms with Crippen molar-refractivity contribution in [2.75, 3.05) is 24.6 Å². The summed E-state index contributed by atoms with van der Waals surface area (Å²) >= 11 is 1.33. The molecule has 1 aromatic heterocycles. The molecule has 0 aromatic carbocycles. The number of piperidine rings is 1. The summed E-state index contributed by atoms with van der Waals surface area (Å²) in [6, 6.07) is 1.08. The van der Waals surface area contributed by atoms with Crippen molar-refractivity contribution in [1.82, 2.24) is 30.9 Å². The van der Waals surface area contributed by atoms with Crippen molar-refractivity contribution >= 4 is 23.6 Å². The highest BCUT2D eigenvalue weighted by Crippen LogP contribution is 2.27. The van der Waals surface area contributed by atoms with Gasteiger partial charge in [0.2, 0.25) is 17.0 Å². The molecule has 0 spiro atoms. The van der Waals surface area contributed by atoms with Crippen molar-refractivity contribution in [3.8, 4) is 0 Å². The summed E-state index contributed by atoms with van der Waals surface area (Å²) < 4.78 is 0. The number of likely N-dealkylation sites (tertiary alicyclic amines) is 1. The first-order chi connectivity index (χ1) is 11.5. The zero-order valence-electron chi connectivity index (χ0n) is 14.3. The standard InChI is InChI=1S/C15H27N7OS/c1-9(2)11-7-12(19-18-11)10-3-5-22(6-4-10)13(23)8-24-15-17-14(16)20-21-15/h9-12,18-19H,3-8H2,1-2H3,(H3,16,17,20,21). The summed E-state index contributed by atoms with van der Waals surface area (Å²) in [6.45, 7) is 6.18. The molecule has 134 valence electrons. The van der Waals surface area contributed by atoms with E-state index in [1.807, 2.05) is 4.90 Å². The quantitative estimate of drug-likeness (QED) is 0.574. The fourth-order valence-electron chi connectivity index (χ4n) is 3.45. The topological polar surface area (TPSA) is 112 Å². The van der Waals surface area contributed by atoms with Crippen LogP contribution in [0.15, 0.2) is 5.16 Å². The summed E-state index contributed by atoms with van der Waals surface area (Å²) in [5.41, 5.74) is 12.4. The first kappa shape index (κ1) is 17.5. The van der Waals surface area contributed by atoms with Gasteiger partial charge in [-0.1, -0.05) is 25.6 Å². The highest BCUT2D eigenvalue weighted by atomic mass is 32.2. The van der Waals surface area contributed by atoms with E-state index in [9.17, 15) is 4.79 Å². The number of thioether (sulfide) groups is 1. The first-order valence-electron chi connectivity index (χ1n) is 8.62. The van der Waals surface area contributed by atoms with E-state index in [4.69, 9.17) is 5.73 Å². The van der Waals surface area contributed by atoms with Gasteiger partial charge in [-0.15, -0.1) is 5.10 Å². The van der Waals surface area contributed by atoms with Gasteiger partial charge in [0.1, 0.15) is 0 Å². The number of rotatable bonds is 5. The number of carbonyl (C=O) groups excluding carboxylic acids is 1. The molecule has 2 unspecified atom stereocenters. The van der Waals surface area contributed by atoms with Crippen LogP contribution >= 0.6 is 11.8 Å². The number of anilines is 1. The molecule has 3 heterocycles. The second-order valence-electron chi connectivity index (χ2n) is 6.99. The van der Waals surface area contributed by atoms with Crippen molar-refractivity contribution < 1.29 is 4.79 Å². The lowest BCUT2D eigenvalue weighted by molar-refractivity contribution is -0.129. The number of hydrogen-bond donors (Lipinski definition) is 4. The number of H-pyrrole nitrogens is 1. The van der Waals surface area contributed by atoms with Crippen LogP contribution in [0.1, 0.15) is 33.1 Å². The van der Waals surface area contributed by atoms with E-state index in [2.05, 4.69) is 39.9 Å². The Morgan fingerprint density at radius 1 is 1.38 bits per heavy atom. The van der Waals surface area contributed by atoms with Gasteiger partial charge in [-0.05, 0) is 31.1 Å². The Hall–Kier alpha value is -1.32. The lowest BCUT2D eigenvalue weighted by atomic mass is 9.86. The normalized spacial score (nSPS) is 25.5. The second-order valence-corrected chi connectivity index (χ2v) is 7.93. The number of nitrogens with one attached hydrogen (secondary N) is 3. The number of nitrogens with two attached hydrogens (primary N) is 1. The van der Waals surface area contributed by atoms with Crippen LogP contribution in [0.2, 0.25) is 0 Å². The molecule has 1 aromatic rings. The molecule has 3 rings (SSSR count). The molecule has 1 amide bonds. The van der Waals surface area contributed by atoms with Gasteiger partial charge >= 0.3 is 0 Å². The molecule has 0 aliphatic carbocycles. The van der Waals surface area contributed by atoms with Crippen LogP contribution in [0, 0.1) is 11.8 Å². The summed E-state index contributed by atoms with van der Waals surface area (Å²) in [4.78, 5) is 18.3. The largest absolute Gasteiger partial charge is 0.368 e. The van der Waals surface area contributed by atoms with E-state index in [-0.39, 0.29) is 11.9 Å². The minimum absolute atomic E-state index is 0.152. The van der Waals surface area contributed by atoms with E-state index < -0.39 is 0 Å². The number of nitrogens with zero attached hydrogens (tertiary/aromatic N) is 3. The van der Waals surface area contributed by atoms with E-state index in [0.717, 1.165) is 25.9 Å². The number of amides is 1. The van der Waals surface area contributed by atoms with E-state index >= 15 is 0 Å².